The minimum absolute atomic E-state index is 0.0503. The van der Waals surface area contributed by atoms with Gasteiger partial charge in [-0.1, -0.05) is 42.8 Å². The number of hydrogen-bond acceptors (Lipinski definition) is 5. The maximum atomic E-state index is 12.4. The number of amides is 1. The molecule has 0 bridgehead atoms. The minimum Gasteiger partial charge on any atom is -0.349 e. The highest BCUT2D eigenvalue weighted by Crippen LogP contribution is 2.24. The lowest BCUT2D eigenvalue weighted by Gasteiger charge is -2.22. The van der Waals surface area contributed by atoms with Crippen molar-refractivity contribution in [2.45, 2.75) is 39.2 Å². The van der Waals surface area contributed by atoms with E-state index in [1.807, 2.05) is 38.1 Å². The van der Waals surface area contributed by atoms with Crippen LogP contribution in [0.3, 0.4) is 0 Å². The molecule has 1 N–H and O–H groups in total. The topological polar surface area (TPSA) is 110 Å². The molecule has 2 aromatic carbocycles. The molecule has 0 saturated heterocycles. The number of non-ortho nitro benzene ring substituents is 1. The molecule has 2 aromatic rings. The largest absolute Gasteiger partial charge is 0.349 e. The average molecular weight is 434 g/mol. The number of nitro groups is 1. The summed E-state index contributed by atoms with van der Waals surface area (Å²) in [6.45, 7) is 4.03. The Morgan fingerprint density at radius 2 is 1.87 bits per heavy atom. The Kier molecular flexibility index (Phi) is 7.93. The monoisotopic (exact) mass is 433 g/mol. The second-order valence-corrected chi connectivity index (χ2v) is 9.06. The zero-order chi connectivity index (χ0) is 22.3. The maximum absolute atomic E-state index is 12.4. The van der Waals surface area contributed by atoms with Gasteiger partial charge in [0.25, 0.3) is 5.69 Å². The minimum atomic E-state index is -3.65. The van der Waals surface area contributed by atoms with Gasteiger partial charge in [0, 0.05) is 25.1 Å². The third kappa shape index (κ3) is 6.55. The van der Waals surface area contributed by atoms with Crippen LogP contribution in [0.2, 0.25) is 0 Å². The molecule has 1 amide bonds. The second kappa shape index (κ2) is 10.2. The van der Waals surface area contributed by atoms with Crippen LogP contribution in [-0.4, -0.2) is 32.0 Å². The number of carbonyl (C=O) groups excluding carboxylic acids is 1. The summed E-state index contributed by atoms with van der Waals surface area (Å²) in [7, 11) is -3.65. The first kappa shape index (κ1) is 23.3. The Labute approximate surface area is 177 Å². The highest BCUT2D eigenvalue weighted by molar-refractivity contribution is 7.92. The first-order valence-corrected chi connectivity index (χ1v) is 11.5. The fraction of sp³-hybridized carbons (Fsp3) is 0.381. The van der Waals surface area contributed by atoms with Gasteiger partial charge in [-0.15, -0.1) is 0 Å². The van der Waals surface area contributed by atoms with E-state index < -0.39 is 14.9 Å². The second-order valence-electron chi connectivity index (χ2n) is 7.15. The van der Waals surface area contributed by atoms with Crippen molar-refractivity contribution in [1.29, 1.82) is 0 Å². The van der Waals surface area contributed by atoms with Crippen molar-refractivity contribution in [2.75, 3.05) is 17.1 Å². The van der Waals surface area contributed by atoms with E-state index in [4.69, 9.17) is 0 Å². The van der Waals surface area contributed by atoms with Gasteiger partial charge in [0.2, 0.25) is 15.9 Å². The van der Waals surface area contributed by atoms with Crippen LogP contribution in [0.1, 0.15) is 43.4 Å². The van der Waals surface area contributed by atoms with Crippen LogP contribution in [0.15, 0.2) is 48.5 Å². The van der Waals surface area contributed by atoms with E-state index in [0.717, 1.165) is 28.1 Å². The van der Waals surface area contributed by atoms with Crippen molar-refractivity contribution < 1.29 is 18.1 Å². The van der Waals surface area contributed by atoms with E-state index >= 15 is 0 Å². The molecule has 0 aromatic heterocycles. The SMILES string of the molecule is CC[C@@H](NC(=O)CCCN(c1cccc([N+](=O)[O-])c1)S(C)(=O)=O)c1ccc(C)cc1. The molecule has 0 spiro atoms. The molecule has 162 valence electrons. The summed E-state index contributed by atoms with van der Waals surface area (Å²) < 4.78 is 25.4. The lowest BCUT2D eigenvalue weighted by Crippen LogP contribution is -2.33. The van der Waals surface area contributed by atoms with Gasteiger partial charge in [0.15, 0.2) is 0 Å². The van der Waals surface area contributed by atoms with Gasteiger partial charge in [-0.3, -0.25) is 19.2 Å². The Balaban J connectivity index is 2.01. The van der Waals surface area contributed by atoms with Crippen molar-refractivity contribution >= 4 is 27.3 Å². The summed E-state index contributed by atoms with van der Waals surface area (Å²) in [5.74, 6) is -0.171. The number of nitrogens with zero attached hydrogens (tertiary/aromatic N) is 2. The molecular weight excluding hydrogens is 406 g/mol. The van der Waals surface area contributed by atoms with E-state index in [9.17, 15) is 23.3 Å². The predicted molar refractivity (Wildman–Crippen MR) is 117 cm³/mol. The molecule has 0 aliphatic carbocycles. The van der Waals surface area contributed by atoms with E-state index in [-0.39, 0.29) is 42.7 Å². The standard InChI is InChI=1S/C21H27N3O5S/c1-4-20(17-12-10-16(2)11-13-17)22-21(25)9-6-14-23(30(3,28)29)18-7-5-8-19(15-18)24(26)27/h5,7-8,10-13,15,20H,4,6,9,14H2,1-3H3,(H,22,25)/t20-/m1/s1. The summed E-state index contributed by atoms with van der Waals surface area (Å²) in [5.41, 5.74) is 2.17. The number of hydrogen-bond donors (Lipinski definition) is 1. The van der Waals surface area contributed by atoms with Crippen LogP contribution in [0.25, 0.3) is 0 Å². The van der Waals surface area contributed by atoms with E-state index in [0.29, 0.717) is 0 Å². The van der Waals surface area contributed by atoms with Crippen LogP contribution in [-0.2, 0) is 14.8 Å². The number of carbonyl (C=O) groups is 1. The number of sulfonamides is 1. The van der Waals surface area contributed by atoms with Crippen molar-refractivity contribution in [3.05, 3.63) is 69.8 Å². The van der Waals surface area contributed by atoms with Crippen LogP contribution < -0.4 is 9.62 Å². The smallest absolute Gasteiger partial charge is 0.271 e. The first-order valence-electron chi connectivity index (χ1n) is 9.70. The predicted octanol–water partition coefficient (Wildman–Crippen LogP) is 3.72. The zero-order valence-electron chi connectivity index (χ0n) is 17.4. The molecular formula is C21H27N3O5S. The first-order chi connectivity index (χ1) is 14.1. The third-order valence-electron chi connectivity index (χ3n) is 4.72. The van der Waals surface area contributed by atoms with Crippen molar-refractivity contribution in [2.24, 2.45) is 0 Å². The number of rotatable bonds is 10. The number of benzene rings is 2. The van der Waals surface area contributed by atoms with Crippen molar-refractivity contribution in [1.82, 2.24) is 5.32 Å². The van der Waals surface area contributed by atoms with Gasteiger partial charge in [-0.05, 0) is 31.4 Å². The summed E-state index contributed by atoms with van der Waals surface area (Å²) in [4.78, 5) is 22.8. The molecule has 9 heteroatoms. The normalized spacial score (nSPS) is 12.2. The summed E-state index contributed by atoms with van der Waals surface area (Å²) in [5, 5.41) is 14.0. The zero-order valence-corrected chi connectivity index (χ0v) is 18.2. The molecule has 0 fully saturated rings. The fourth-order valence-corrected chi connectivity index (χ4v) is 4.07. The molecule has 2 rings (SSSR count). The summed E-state index contributed by atoms with van der Waals surface area (Å²) in [6, 6.07) is 13.3. The van der Waals surface area contributed by atoms with Crippen LogP contribution in [0.5, 0.6) is 0 Å². The van der Waals surface area contributed by atoms with Crippen molar-refractivity contribution in [3.8, 4) is 0 Å². The third-order valence-corrected chi connectivity index (χ3v) is 5.91. The van der Waals surface area contributed by atoms with Gasteiger partial charge in [-0.2, -0.15) is 0 Å². The average Bonchev–Trinajstić information content (AvgIpc) is 2.69. The molecule has 0 aliphatic rings. The summed E-state index contributed by atoms with van der Waals surface area (Å²) >= 11 is 0. The van der Waals surface area contributed by atoms with Gasteiger partial charge in [0.1, 0.15) is 0 Å². The number of anilines is 1. The lowest BCUT2D eigenvalue weighted by atomic mass is 10.0. The Bertz CT molecular complexity index is 990. The summed E-state index contributed by atoms with van der Waals surface area (Å²) in [6.07, 6.45) is 2.20. The van der Waals surface area contributed by atoms with E-state index in [2.05, 4.69) is 5.32 Å². The Hall–Kier alpha value is -2.94. The molecule has 30 heavy (non-hydrogen) atoms. The highest BCUT2D eigenvalue weighted by Gasteiger charge is 2.20. The van der Waals surface area contributed by atoms with Gasteiger partial charge in [-0.25, -0.2) is 8.42 Å². The number of nitrogens with one attached hydrogen (secondary N) is 1. The lowest BCUT2D eigenvalue weighted by molar-refractivity contribution is -0.384. The highest BCUT2D eigenvalue weighted by atomic mass is 32.2. The molecule has 0 unspecified atom stereocenters. The van der Waals surface area contributed by atoms with Crippen LogP contribution in [0.4, 0.5) is 11.4 Å². The number of nitro benzene ring substituents is 1. The quantitative estimate of drug-likeness (QED) is 0.454. The maximum Gasteiger partial charge on any atom is 0.271 e. The van der Waals surface area contributed by atoms with Gasteiger partial charge < -0.3 is 5.32 Å². The fourth-order valence-electron chi connectivity index (χ4n) is 3.12. The number of aryl methyl sites for hydroxylation is 1. The van der Waals surface area contributed by atoms with E-state index in [1.165, 1.54) is 24.3 Å². The van der Waals surface area contributed by atoms with E-state index in [1.54, 1.807) is 0 Å². The van der Waals surface area contributed by atoms with Crippen LogP contribution in [0, 0.1) is 17.0 Å². The van der Waals surface area contributed by atoms with Crippen LogP contribution >= 0.6 is 0 Å². The molecule has 0 radical (unpaired) electrons. The molecule has 0 saturated carbocycles. The van der Waals surface area contributed by atoms with Crippen molar-refractivity contribution in [3.63, 3.8) is 0 Å². The Morgan fingerprint density at radius 3 is 2.43 bits per heavy atom. The molecule has 0 heterocycles. The molecule has 1 atom stereocenters. The van der Waals surface area contributed by atoms with Gasteiger partial charge >= 0.3 is 0 Å². The molecule has 8 nitrogen and oxygen atoms in total. The molecule has 0 aliphatic heterocycles. The van der Waals surface area contributed by atoms with Gasteiger partial charge in [0.05, 0.1) is 22.9 Å². The Morgan fingerprint density at radius 1 is 1.20 bits per heavy atom.